The van der Waals surface area contributed by atoms with Crippen LogP contribution in [0.3, 0.4) is 0 Å². The maximum absolute atomic E-state index is 12.8. The van der Waals surface area contributed by atoms with Crippen molar-refractivity contribution in [2.24, 2.45) is 0 Å². The van der Waals surface area contributed by atoms with E-state index in [1.54, 1.807) is 0 Å². The topological polar surface area (TPSA) is 78.9 Å². The van der Waals surface area contributed by atoms with Gasteiger partial charge in [-0.15, -0.1) is 0 Å². The van der Waals surface area contributed by atoms with Crippen LogP contribution in [-0.2, 0) is 28.6 Å². The fraction of sp³-hybridized carbons (Fsp3) is 0.597. The Balaban J connectivity index is 4.40. The molecule has 0 amide bonds. The van der Waals surface area contributed by atoms with Gasteiger partial charge >= 0.3 is 17.9 Å². The summed E-state index contributed by atoms with van der Waals surface area (Å²) in [5.74, 6) is -0.987. The molecule has 0 aromatic carbocycles. The summed E-state index contributed by atoms with van der Waals surface area (Å²) in [5, 5.41) is 0. The van der Waals surface area contributed by atoms with Gasteiger partial charge in [-0.1, -0.05) is 206 Å². The molecule has 0 rings (SSSR count). The second kappa shape index (κ2) is 55.1. The lowest BCUT2D eigenvalue weighted by molar-refractivity contribution is -0.167. The molecule has 68 heavy (non-hydrogen) atoms. The Kier molecular flexibility index (Phi) is 51.5. The van der Waals surface area contributed by atoms with Crippen molar-refractivity contribution in [3.05, 3.63) is 134 Å². The number of rotatable bonds is 47. The third-order valence-electron chi connectivity index (χ3n) is 10.8. The van der Waals surface area contributed by atoms with Crippen LogP contribution in [0.25, 0.3) is 0 Å². The number of unbranched alkanes of at least 4 members (excludes halogenated alkanes) is 14. The summed E-state index contributed by atoms with van der Waals surface area (Å²) in [6.07, 6.45) is 77.3. The smallest absolute Gasteiger partial charge is 0.306 e. The van der Waals surface area contributed by atoms with Gasteiger partial charge in [-0.3, -0.25) is 14.4 Å². The van der Waals surface area contributed by atoms with Crippen molar-refractivity contribution >= 4 is 17.9 Å². The number of carbonyl (C=O) groups is 3. The standard InChI is InChI=1S/C62H98O6/c1-4-7-10-13-16-19-22-24-25-26-27-28-29-30-31-32-33-34-35-36-37-39-40-43-46-49-52-55-61(64)67-58-59(57-66-60(63)54-51-48-45-42-21-18-15-12-9-6-3)68-62(65)56-53-50-47-44-41-38-23-20-17-14-11-8-5-2/h7,10-12,14-16,19-20,23-25,27-28,30-31,33-34,36-37,40,43,59H,4-6,8-9,13,17-18,21-22,26,29,32,35,38-39,41-42,44-58H2,1-3H3/b10-7-,14-11-,15-12-,19-16-,23-20-,25-24-,28-27-,31-30-,34-33-,37-36-,43-40-. The second-order valence-electron chi connectivity index (χ2n) is 17.4. The predicted molar refractivity (Wildman–Crippen MR) is 292 cm³/mol. The van der Waals surface area contributed by atoms with Crippen molar-refractivity contribution < 1.29 is 28.6 Å². The summed E-state index contributed by atoms with van der Waals surface area (Å²) in [7, 11) is 0. The Morgan fingerprint density at radius 2 is 0.574 bits per heavy atom. The molecule has 0 aromatic rings. The summed E-state index contributed by atoms with van der Waals surface area (Å²) in [4.78, 5) is 37.9. The molecule has 0 radical (unpaired) electrons. The summed E-state index contributed by atoms with van der Waals surface area (Å²) in [5.41, 5.74) is 0. The van der Waals surface area contributed by atoms with E-state index in [0.717, 1.165) is 154 Å². The Morgan fingerprint density at radius 1 is 0.309 bits per heavy atom. The van der Waals surface area contributed by atoms with Crippen LogP contribution >= 0.6 is 0 Å². The zero-order valence-electron chi connectivity index (χ0n) is 43.6. The highest BCUT2D eigenvalue weighted by Gasteiger charge is 2.19. The molecule has 0 spiro atoms. The molecule has 1 atom stereocenters. The molecule has 0 aliphatic carbocycles. The van der Waals surface area contributed by atoms with E-state index < -0.39 is 6.10 Å². The number of allylic oxidation sites excluding steroid dienone is 22. The predicted octanol–water partition coefficient (Wildman–Crippen LogP) is 18.3. The minimum Gasteiger partial charge on any atom is -0.462 e. The van der Waals surface area contributed by atoms with Gasteiger partial charge in [-0.25, -0.2) is 0 Å². The van der Waals surface area contributed by atoms with Gasteiger partial charge in [0, 0.05) is 19.3 Å². The van der Waals surface area contributed by atoms with Crippen LogP contribution < -0.4 is 0 Å². The zero-order valence-corrected chi connectivity index (χ0v) is 43.6. The summed E-state index contributed by atoms with van der Waals surface area (Å²) in [6, 6.07) is 0. The van der Waals surface area contributed by atoms with Crippen LogP contribution in [0.1, 0.15) is 220 Å². The number of ether oxygens (including phenoxy) is 3. The van der Waals surface area contributed by atoms with Gasteiger partial charge in [0.15, 0.2) is 6.10 Å². The third kappa shape index (κ3) is 52.5. The Bertz CT molecular complexity index is 1500. The van der Waals surface area contributed by atoms with Gasteiger partial charge in [-0.05, 0) is 128 Å². The molecular weight excluding hydrogens is 841 g/mol. The first kappa shape index (κ1) is 63.5. The molecule has 0 N–H and O–H groups in total. The number of carbonyl (C=O) groups excluding carboxylic acids is 3. The van der Waals surface area contributed by atoms with Crippen LogP contribution in [0.2, 0.25) is 0 Å². The van der Waals surface area contributed by atoms with Crippen LogP contribution in [0.15, 0.2) is 134 Å². The van der Waals surface area contributed by atoms with E-state index in [0.29, 0.717) is 25.7 Å². The first-order valence-electron chi connectivity index (χ1n) is 27.2. The fourth-order valence-electron chi connectivity index (χ4n) is 6.79. The molecule has 1 unspecified atom stereocenters. The molecule has 0 saturated carbocycles. The largest absolute Gasteiger partial charge is 0.462 e. The van der Waals surface area contributed by atoms with Crippen LogP contribution in [0.4, 0.5) is 0 Å². The van der Waals surface area contributed by atoms with Crippen LogP contribution in [-0.4, -0.2) is 37.2 Å². The van der Waals surface area contributed by atoms with E-state index in [-0.39, 0.29) is 31.1 Å². The van der Waals surface area contributed by atoms with E-state index in [2.05, 4.69) is 154 Å². The molecule has 6 nitrogen and oxygen atoms in total. The van der Waals surface area contributed by atoms with Crippen LogP contribution in [0, 0.1) is 0 Å². The van der Waals surface area contributed by atoms with E-state index in [4.69, 9.17) is 14.2 Å². The monoisotopic (exact) mass is 939 g/mol. The van der Waals surface area contributed by atoms with E-state index in [1.807, 2.05) is 0 Å². The molecule has 0 heterocycles. The zero-order chi connectivity index (χ0) is 49.3. The van der Waals surface area contributed by atoms with Crippen molar-refractivity contribution in [1.29, 1.82) is 0 Å². The van der Waals surface area contributed by atoms with E-state index in [9.17, 15) is 14.4 Å². The summed E-state index contributed by atoms with van der Waals surface area (Å²) in [6.45, 7) is 6.32. The highest BCUT2D eigenvalue weighted by molar-refractivity contribution is 5.71. The summed E-state index contributed by atoms with van der Waals surface area (Å²) < 4.78 is 16.7. The van der Waals surface area contributed by atoms with Gasteiger partial charge in [0.05, 0.1) is 0 Å². The number of hydrogen-bond acceptors (Lipinski definition) is 6. The quantitative estimate of drug-likeness (QED) is 0.0262. The normalized spacial score (nSPS) is 13.2. The minimum absolute atomic E-state index is 0.107. The fourth-order valence-corrected chi connectivity index (χ4v) is 6.79. The molecule has 0 saturated heterocycles. The first-order chi connectivity index (χ1) is 33.5. The average molecular weight is 939 g/mol. The minimum atomic E-state index is -0.810. The van der Waals surface area contributed by atoms with E-state index >= 15 is 0 Å². The molecule has 0 bridgehead atoms. The molecule has 0 aromatic heterocycles. The molecule has 6 heteroatoms. The highest BCUT2D eigenvalue weighted by atomic mass is 16.6. The van der Waals surface area contributed by atoms with Crippen molar-refractivity contribution in [3.8, 4) is 0 Å². The van der Waals surface area contributed by atoms with Crippen molar-refractivity contribution in [2.75, 3.05) is 13.2 Å². The van der Waals surface area contributed by atoms with Crippen molar-refractivity contribution in [3.63, 3.8) is 0 Å². The molecule has 0 aliphatic rings. The van der Waals surface area contributed by atoms with E-state index in [1.165, 1.54) is 19.3 Å². The number of hydrogen-bond donors (Lipinski definition) is 0. The van der Waals surface area contributed by atoms with Gasteiger partial charge < -0.3 is 14.2 Å². The Morgan fingerprint density at radius 3 is 0.956 bits per heavy atom. The lowest BCUT2D eigenvalue weighted by atomic mass is 10.1. The maximum atomic E-state index is 12.8. The number of esters is 3. The Labute approximate surface area is 417 Å². The average Bonchev–Trinajstić information content (AvgIpc) is 3.34. The molecule has 0 aliphatic heterocycles. The Hall–Kier alpha value is -4.45. The van der Waals surface area contributed by atoms with Crippen molar-refractivity contribution in [2.45, 2.75) is 226 Å². The van der Waals surface area contributed by atoms with Gasteiger partial charge in [-0.2, -0.15) is 0 Å². The maximum Gasteiger partial charge on any atom is 0.306 e. The van der Waals surface area contributed by atoms with Crippen LogP contribution in [0.5, 0.6) is 0 Å². The van der Waals surface area contributed by atoms with Gasteiger partial charge in [0.25, 0.3) is 0 Å². The van der Waals surface area contributed by atoms with Gasteiger partial charge in [0.2, 0.25) is 0 Å². The highest BCUT2D eigenvalue weighted by Crippen LogP contribution is 2.12. The lowest BCUT2D eigenvalue weighted by Gasteiger charge is -2.18. The summed E-state index contributed by atoms with van der Waals surface area (Å²) >= 11 is 0. The second-order valence-corrected chi connectivity index (χ2v) is 17.4. The van der Waals surface area contributed by atoms with Crippen molar-refractivity contribution in [1.82, 2.24) is 0 Å². The molecule has 0 fully saturated rings. The first-order valence-corrected chi connectivity index (χ1v) is 27.2. The molecule has 382 valence electrons. The SMILES string of the molecule is CC/C=C\C/C=C\C/C=C\C/C=C\C/C=C\C/C=C\C/C=C\C/C=C\CCCCC(=O)OCC(COC(=O)CCCCCCC/C=C\CCC)OC(=O)CCCCCCC/C=C\C/C=C\CCC. The lowest BCUT2D eigenvalue weighted by Crippen LogP contribution is -2.30. The molecular formula is C62H98O6. The third-order valence-corrected chi connectivity index (χ3v) is 10.8. The van der Waals surface area contributed by atoms with Gasteiger partial charge in [0.1, 0.15) is 13.2 Å².